The molecular weight excluding hydrogens is 472 g/mol. The number of benzene rings is 2. The summed E-state index contributed by atoms with van der Waals surface area (Å²) in [5, 5.41) is 4.23. The maximum Gasteiger partial charge on any atom is 0.141 e. The second kappa shape index (κ2) is 10.1. The molecule has 4 aromatic rings. The molecule has 0 amide bonds. The Bertz CT molecular complexity index is 1360. The number of fused-ring (bicyclic) bond motifs is 1. The monoisotopic (exact) mass is 504 g/mol. The number of imidazole rings is 1. The highest BCUT2D eigenvalue weighted by Gasteiger charge is 2.33. The van der Waals surface area contributed by atoms with Crippen LogP contribution >= 0.6 is 11.6 Å². The van der Waals surface area contributed by atoms with Crippen molar-refractivity contribution in [2.45, 2.75) is 50.7 Å². The quantitative estimate of drug-likeness (QED) is 0.329. The van der Waals surface area contributed by atoms with E-state index in [2.05, 4.69) is 48.6 Å². The number of nitrogens with one attached hydrogen (secondary N) is 1. The number of nitrogens with zero attached hydrogens (tertiary/aromatic N) is 2. The molecule has 3 N–H and O–H groups in total. The number of halogens is 1. The second-order valence-corrected chi connectivity index (χ2v) is 10.2. The molecule has 1 aliphatic rings. The van der Waals surface area contributed by atoms with Crippen LogP contribution in [0, 0.1) is 6.92 Å². The van der Waals surface area contributed by atoms with Crippen molar-refractivity contribution >= 4 is 17.2 Å². The minimum absolute atomic E-state index is 0.350. The predicted molar refractivity (Wildman–Crippen MR) is 145 cm³/mol. The van der Waals surface area contributed by atoms with Gasteiger partial charge in [0.05, 0.1) is 24.9 Å². The van der Waals surface area contributed by atoms with Crippen molar-refractivity contribution in [3.05, 3.63) is 82.6 Å². The van der Waals surface area contributed by atoms with E-state index in [-0.39, 0.29) is 5.54 Å². The molecule has 7 heteroatoms. The molecule has 6 nitrogen and oxygen atoms in total. The molecule has 0 saturated heterocycles. The van der Waals surface area contributed by atoms with Crippen LogP contribution in [0.15, 0.2) is 60.9 Å². The molecule has 1 aliphatic carbocycles. The van der Waals surface area contributed by atoms with Gasteiger partial charge in [0.1, 0.15) is 17.1 Å². The van der Waals surface area contributed by atoms with E-state index in [4.69, 9.17) is 31.8 Å². The van der Waals surface area contributed by atoms with Gasteiger partial charge < -0.3 is 24.9 Å². The van der Waals surface area contributed by atoms with Gasteiger partial charge in [-0.3, -0.25) is 0 Å². The van der Waals surface area contributed by atoms with Gasteiger partial charge in [0.2, 0.25) is 0 Å². The van der Waals surface area contributed by atoms with E-state index in [1.165, 1.54) is 11.1 Å². The first-order valence-electron chi connectivity index (χ1n) is 12.4. The van der Waals surface area contributed by atoms with E-state index < -0.39 is 0 Å². The fourth-order valence-electron chi connectivity index (χ4n) is 5.08. The van der Waals surface area contributed by atoms with Crippen LogP contribution < -0.4 is 20.5 Å². The number of nitrogens with two attached hydrogens (primary N) is 1. The van der Waals surface area contributed by atoms with Crippen molar-refractivity contribution in [1.82, 2.24) is 14.7 Å². The highest BCUT2D eigenvalue weighted by molar-refractivity contribution is 6.32. The summed E-state index contributed by atoms with van der Waals surface area (Å²) in [6.07, 6.45) is 7.99. The van der Waals surface area contributed by atoms with Crippen LogP contribution in [0.3, 0.4) is 0 Å². The van der Waals surface area contributed by atoms with Gasteiger partial charge in [-0.1, -0.05) is 41.4 Å². The van der Waals surface area contributed by atoms with Crippen molar-refractivity contribution < 1.29 is 9.47 Å². The van der Waals surface area contributed by atoms with E-state index in [1.54, 1.807) is 20.3 Å². The fraction of sp³-hybridized carbons (Fsp3) is 0.345. The topological polar surface area (TPSA) is 73.8 Å². The Balaban J connectivity index is 1.31. The molecule has 0 unspecified atom stereocenters. The molecule has 0 radical (unpaired) electrons. The second-order valence-electron chi connectivity index (χ2n) is 9.79. The summed E-state index contributed by atoms with van der Waals surface area (Å²) in [4.78, 5) is 4.87. The molecule has 0 atom stereocenters. The molecule has 5 rings (SSSR count). The Morgan fingerprint density at radius 3 is 2.47 bits per heavy atom. The molecule has 1 saturated carbocycles. The highest BCUT2D eigenvalue weighted by Crippen LogP contribution is 2.39. The zero-order valence-corrected chi connectivity index (χ0v) is 21.8. The Morgan fingerprint density at radius 1 is 1.06 bits per heavy atom. The molecule has 188 valence electrons. The third kappa shape index (κ3) is 4.94. The number of hydrogen-bond donors (Lipinski definition) is 2. The van der Waals surface area contributed by atoms with Crippen LogP contribution in [-0.2, 0) is 12.1 Å². The van der Waals surface area contributed by atoms with Crippen molar-refractivity contribution in [3.63, 3.8) is 0 Å². The van der Waals surface area contributed by atoms with Gasteiger partial charge >= 0.3 is 0 Å². The van der Waals surface area contributed by atoms with Gasteiger partial charge in [-0.2, -0.15) is 0 Å². The smallest absolute Gasteiger partial charge is 0.141 e. The number of hydrogen-bond acceptors (Lipinski definition) is 5. The van der Waals surface area contributed by atoms with Crippen molar-refractivity contribution in [2.75, 3.05) is 14.2 Å². The van der Waals surface area contributed by atoms with Crippen LogP contribution in [-0.4, -0.2) is 29.6 Å². The van der Waals surface area contributed by atoms with E-state index >= 15 is 0 Å². The zero-order chi connectivity index (χ0) is 25.3. The van der Waals surface area contributed by atoms with Crippen molar-refractivity contribution in [1.29, 1.82) is 0 Å². The fourth-order valence-corrected chi connectivity index (χ4v) is 5.32. The Morgan fingerprint density at radius 2 is 1.78 bits per heavy atom. The molecule has 0 spiro atoms. The summed E-state index contributed by atoms with van der Waals surface area (Å²) < 4.78 is 12.9. The van der Waals surface area contributed by atoms with Crippen LogP contribution in [0.2, 0.25) is 5.02 Å². The summed E-state index contributed by atoms with van der Waals surface area (Å²) in [7, 11) is 3.22. The van der Waals surface area contributed by atoms with E-state index in [1.807, 2.05) is 22.9 Å². The first-order valence-corrected chi connectivity index (χ1v) is 12.8. The van der Waals surface area contributed by atoms with E-state index in [0.717, 1.165) is 54.7 Å². The number of methoxy groups -OCH3 is 2. The summed E-state index contributed by atoms with van der Waals surface area (Å²) in [6, 6.07) is 17.1. The average Bonchev–Trinajstić information content (AvgIpc) is 3.32. The SMILES string of the molecule is COc1cc(OC)c(-c2cn3ccc(C4(N)CCC(NCc5ccc(C)cc5)CC4)cc3n2)cc1Cl. The lowest BCUT2D eigenvalue weighted by Gasteiger charge is -2.38. The summed E-state index contributed by atoms with van der Waals surface area (Å²) in [5.74, 6) is 1.23. The van der Waals surface area contributed by atoms with Gasteiger partial charge in [0, 0.05) is 42.1 Å². The normalized spacial score (nSPS) is 20.0. The number of pyridine rings is 1. The summed E-state index contributed by atoms with van der Waals surface area (Å²) >= 11 is 6.39. The summed E-state index contributed by atoms with van der Waals surface area (Å²) in [6.45, 7) is 3.01. The summed E-state index contributed by atoms with van der Waals surface area (Å²) in [5.41, 5.74) is 12.8. The molecular formula is C29H33ClN4O2. The third-order valence-corrected chi connectivity index (χ3v) is 7.67. The molecule has 2 heterocycles. The maximum absolute atomic E-state index is 6.96. The number of rotatable bonds is 7. The first-order chi connectivity index (χ1) is 17.4. The van der Waals surface area contributed by atoms with Gasteiger partial charge in [0.15, 0.2) is 0 Å². The standard InChI is InChI=1S/C29H33ClN4O2/c1-19-4-6-20(7-5-19)17-32-22-8-11-29(31,12-9-22)21-10-13-34-18-25(33-28(34)14-21)23-15-24(30)27(36-3)16-26(23)35-2/h4-7,10,13-16,18,22,32H,8-9,11-12,17,31H2,1-3H3. The van der Waals surface area contributed by atoms with Crippen molar-refractivity contribution in [3.8, 4) is 22.8 Å². The van der Waals surface area contributed by atoms with Gasteiger partial charge in [-0.05, 0) is 61.9 Å². The van der Waals surface area contributed by atoms with E-state index in [9.17, 15) is 0 Å². The highest BCUT2D eigenvalue weighted by atomic mass is 35.5. The average molecular weight is 505 g/mol. The predicted octanol–water partition coefficient (Wildman–Crippen LogP) is 5.87. The van der Waals surface area contributed by atoms with Gasteiger partial charge in [-0.25, -0.2) is 4.98 Å². The van der Waals surface area contributed by atoms with Gasteiger partial charge in [0.25, 0.3) is 0 Å². The minimum Gasteiger partial charge on any atom is -0.496 e. The largest absolute Gasteiger partial charge is 0.496 e. The lowest BCUT2D eigenvalue weighted by atomic mass is 9.76. The molecule has 1 fully saturated rings. The van der Waals surface area contributed by atoms with Crippen LogP contribution in [0.25, 0.3) is 16.9 Å². The van der Waals surface area contributed by atoms with E-state index in [0.29, 0.717) is 22.6 Å². The zero-order valence-electron chi connectivity index (χ0n) is 21.1. The van der Waals surface area contributed by atoms with Crippen molar-refractivity contribution in [2.24, 2.45) is 5.73 Å². The van der Waals surface area contributed by atoms with Crippen LogP contribution in [0.1, 0.15) is 42.4 Å². The Labute approximate surface area is 217 Å². The molecule has 2 aromatic carbocycles. The van der Waals surface area contributed by atoms with Crippen LogP contribution in [0.5, 0.6) is 11.5 Å². The lowest BCUT2D eigenvalue weighted by molar-refractivity contribution is 0.251. The molecule has 2 aromatic heterocycles. The first kappa shape index (κ1) is 24.6. The molecule has 0 aliphatic heterocycles. The third-order valence-electron chi connectivity index (χ3n) is 7.38. The van der Waals surface area contributed by atoms with Crippen LogP contribution in [0.4, 0.5) is 0 Å². The van der Waals surface area contributed by atoms with Gasteiger partial charge in [-0.15, -0.1) is 0 Å². The minimum atomic E-state index is -0.350. The molecule has 0 bridgehead atoms. The molecule has 36 heavy (non-hydrogen) atoms. The maximum atomic E-state index is 6.96. The lowest BCUT2D eigenvalue weighted by Crippen LogP contribution is -2.45. The Kier molecular flexibility index (Phi) is 6.93. The number of ether oxygens (including phenoxy) is 2. The number of aryl methyl sites for hydroxylation is 1. The number of aromatic nitrogens is 2. The Hall–Kier alpha value is -3.06.